The lowest BCUT2D eigenvalue weighted by molar-refractivity contribution is 0.283. The number of nitrogen functional groups attached to an aromatic ring is 1. The highest BCUT2D eigenvalue weighted by Crippen LogP contribution is 2.21. The molecule has 0 radical (unpaired) electrons. The number of anilines is 2. The van der Waals surface area contributed by atoms with E-state index in [1.807, 2.05) is 13.1 Å². The predicted octanol–water partition coefficient (Wildman–Crippen LogP) is 1.32. The highest BCUT2D eigenvalue weighted by molar-refractivity contribution is 7.10. The molecule has 80 valence electrons. The molecule has 0 amide bonds. The molecule has 1 aromatic heterocycles. The maximum absolute atomic E-state index is 8.61. The van der Waals surface area contributed by atoms with Crippen molar-refractivity contribution in [2.24, 2.45) is 0 Å². The van der Waals surface area contributed by atoms with Crippen molar-refractivity contribution in [3.8, 4) is 0 Å². The van der Waals surface area contributed by atoms with Crippen LogP contribution in [0.5, 0.6) is 0 Å². The molecule has 1 rings (SSSR count). The molecule has 1 heterocycles. The van der Waals surface area contributed by atoms with Gasteiger partial charge < -0.3 is 15.7 Å². The Morgan fingerprint density at radius 3 is 2.86 bits per heavy atom. The summed E-state index contributed by atoms with van der Waals surface area (Å²) >= 11 is 1.42. The van der Waals surface area contributed by atoms with Crippen molar-refractivity contribution in [3.05, 3.63) is 6.07 Å². The molecule has 1 aromatic rings. The maximum atomic E-state index is 8.61. The molecule has 3 N–H and O–H groups in total. The van der Waals surface area contributed by atoms with Gasteiger partial charge in [0.1, 0.15) is 10.8 Å². The van der Waals surface area contributed by atoms with Crippen molar-refractivity contribution < 1.29 is 5.11 Å². The van der Waals surface area contributed by atoms with Crippen LogP contribution < -0.4 is 10.6 Å². The highest BCUT2D eigenvalue weighted by atomic mass is 32.1. The average molecular weight is 215 g/mol. The molecule has 0 fully saturated rings. The first-order valence-electron chi connectivity index (χ1n) is 4.78. The summed E-state index contributed by atoms with van der Waals surface area (Å²) in [5.41, 5.74) is 5.53. The fraction of sp³-hybridized carbons (Fsp3) is 0.667. The van der Waals surface area contributed by atoms with E-state index in [0.717, 1.165) is 30.8 Å². The largest absolute Gasteiger partial charge is 0.396 e. The first-order valence-corrected chi connectivity index (χ1v) is 5.55. The lowest BCUT2D eigenvalue weighted by atomic mass is 10.2. The molecule has 0 aromatic carbocycles. The number of nitrogens with two attached hydrogens (primary N) is 1. The summed E-state index contributed by atoms with van der Waals surface area (Å²) in [4.78, 5) is 2.14. The van der Waals surface area contributed by atoms with E-state index in [-0.39, 0.29) is 6.61 Å². The predicted molar refractivity (Wildman–Crippen MR) is 60.7 cm³/mol. The van der Waals surface area contributed by atoms with Gasteiger partial charge in [-0.3, -0.25) is 0 Å². The average Bonchev–Trinajstić information content (AvgIpc) is 2.59. The quantitative estimate of drug-likeness (QED) is 0.703. The Morgan fingerprint density at radius 2 is 2.29 bits per heavy atom. The second kappa shape index (κ2) is 5.82. The normalized spacial score (nSPS) is 10.4. The van der Waals surface area contributed by atoms with Crippen molar-refractivity contribution >= 4 is 22.4 Å². The third-order valence-electron chi connectivity index (χ3n) is 2.04. The number of aliphatic hydroxyl groups excluding tert-OH is 1. The smallest absolute Gasteiger partial charge is 0.139 e. The molecular weight excluding hydrogens is 198 g/mol. The molecule has 0 aliphatic carbocycles. The van der Waals surface area contributed by atoms with Crippen molar-refractivity contribution in [1.29, 1.82) is 0 Å². The van der Waals surface area contributed by atoms with Crippen LogP contribution in [-0.2, 0) is 0 Å². The van der Waals surface area contributed by atoms with E-state index in [0.29, 0.717) is 5.82 Å². The summed E-state index contributed by atoms with van der Waals surface area (Å²) in [7, 11) is 2.03. The zero-order chi connectivity index (χ0) is 10.4. The Bertz CT molecular complexity index is 264. The molecule has 0 saturated carbocycles. The monoisotopic (exact) mass is 215 g/mol. The summed E-state index contributed by atoms with van der Waals surface area (Å²) < 4.78 is 4.02. The van der Waals surface area contributed by atoms with Gasteiger partial charge in [0, 0.05) is 26.3 Å². The molecular formula is C9H17N3OS. The Hall–Kier alpha value is -0.810. The van der Waals surface area contributed by atoms with Crippen molar-refractivity contribution in [2.45, 2.75) is 19.3 Å². The van der Waals surface area contributed by atoms with Gasteiger partial charge in [-0.15, -0.1) is 0 Å². The van der Waals surface area contributed by atoms with Crippen LogP contribution in [0.2, 0.25) is 0 Å². The second-order valence-corrected chi connectivity index (χ2v) is 4.08. The Kier molecular flexibility index (Phi) is 4.69. The Morgan fingerprint density at radius 1 is 1.50 bits per heavy atom. The summed E-state index contributed by atoms with van der Waals surface area (Å²) in [6.45, 7) is 1.28. The Balaban J connectivity index is 2.25. The number of aromatic nitrogens is 1. The van der Waals surface area contributed by atoms with Crippen LogP contribution in [0.1, 0.15) is 19.3 Å². The number of hydrogen-bond acceptors (Lipinski definition) is 5. The number of unbranched alkanes of at least 4 members (excludes halogenated alkanes) is 2. The van der Waals surface area contributed by atoms with Crippen LogP contribution in [0.4, 0.5) is 10.8 Å². The number of nitrogens with zero attached hydrogens (tertiary/aromatic N) is 2. The van der Waals surface area contributed by atoms with E-state index >= 15 is 0 Å². The van der Waals surface area contributed by atoms with Crippen molar-refractivity contribution in [3.63, 3.8) is 0 Å². The van der Waals surface area contributed by atoms with Crippen LogP contribution >= 0.6 is 11.5 Å². The molecule has 4 nitrogen and oxygen atoms in total. The van der Waals surface area contributed by atoms with E-state index in [4.69, 9.17) is 10.8 Å². The summed E-state index contributed by atoms with van der Waals surface area (Å²) in [6, 6.07) is 1.89. The molecule has 0 aliphatic rings. The van der Waals surface area contributed by atoms with Gasteiger partial charge in [-0.1, -0.05) is 0 Å². The molecule has 0 saturated heterocycles. The van der Waals surface area contributed by atoms with E-state index in [1.165, 1.54) is 11.5 Å². The first kappa shape index (κ1) is 11.3. The van der Waals surface area contributed by atoms with Gasteiger partial charge in [0.25, 0.3) is 0 Å². The first-order chi connectivity index (χ1) is 6.74. The van der Waals surface area contributed by atoms with Gasteiger partial charge in [0.2, 0.25) is 0 Å². The van der Waals surface area contributed by atoms with Gasteiger partial charge in [0.15, 0.2) is 0 Å². The lowest BCUT2D eigenvalue weighted by Gasteiger charge is -2.15. The molecule has 0 aliphatic heterocycles. The van der Waals surface area contributed by atoms with Crippen molar-refractivity contribution in [2.75, 3.05) is 30.8 Å². The minimum Gasteiger partial charge on any atom is -0.396 e. The lowest BCUT2D eigenvalue weighted by Crippen LogP contribution is -2.17. The maximum Gasteiger partial charge on any atom is 0.139 e. The molecule has 0 atom stereocenters. The van der Waals surface area contributed by atoms with Crippen LogP contribution in [-0.4, -0.2) is 29.7 Å². The van der Waals surface area contributed by atoms with Gasteiger partial charge in [-0.25, -0.2) is 0 Å². The minimum atomic E-state index is 0.289. The summed E-state index contributed by atoms with van der Waals surface area (Å²) in [5, 5.41) is 9.72. The second-order valence-electron chi connectivity index (χ2n) is 3.30. The highest BCUT2D eigenvalue weighted by Gasteiger charge is 2.03. The van der Waals surface area contributed by atoms with E-state index in [9.17, 15) is 0 Å². The molecule has 0 spiro atoms. The van der Waals surface area contributed by atoms with Crippen LogP contribution in [0.25, 0.3) is 0 Å². The van der Waals surface area contributed by atoms with Gasteiger partial charge in [-0.05, 0) is 30.8 Å². The van der Waals surface area contributed by atoms with E-state index in [2.05, 4.69) is 9.27 Å². The molecule has 0 bridgehead atoms. The SMILES string of the molecule is CN(CCCCCO)c1cc(N)ns1. The third-order valence-corrected chi connectivity index (χ3v) is 2.96. The summed E-state index contributed by atoms with van der Waals surface area (Å²) in [5.74, 6) is 0.590. The topological polar surface area (TPSA) is 62.4 Å². The third kappa shape index (κ3) is 3.51. The molecule has 14 heavy (non-hydrogen) atoms. The van der Waals surface area contributed by atoms with Gasteiger partial charge in [0.05, 0.1) is 0 Å². The van der Waals surface area contributed by atoms with Crippen molar-refractivity contribution in [1.82, 2.24) is 4.37 Å². The van der Waals surface area contributed by atoms with Crippen LogP contribution in [0.15, 0.2) is 6.07 Å². The number of aliphatic hydroxyl groups is 1. The minimum absolute atomic E-state index is 0.289. The zero-order valence-electron chi connectivity index (χ0n) is 8.44. The van der Waals surface area contributed by atoms with E-state index in [1.54, 1.807) is 0 Å². The summed E-state index contributed by atoms with van der Waals surface area (Å²) in [6.07, 6.45) is 3.04. The van der Waals surface area contributed by atoms with Crippen LogP contribution in [0, 0.1) is 0 Å². The number of hydrogen-bond donors (Lipinski definition) is 2. The fourth-order valence-corrected chi connectivity index (χ4v) is 1.86. The van der Waals surface area contributed by atoms with Gasteiger partial charge in [-0.2, -0.15) is 4.37 Å². The van der Waals surface area contributed by atoms with Gasteiger partial charge >= 0.3 is 0 Å². The standard InChI is InChI=1S/C9H17N3OS/c1-12(5-3-2-4-6-13)9-7-8(10)11-14-9/h7,13H,2-6H2,1H3,(H2,10,11). The molecule has 0 unspecified atom stereocenters. The van der Waals surface area contributed by atoms with E-state index < -0.39 is 0 Å². The zero-order valence-corrected chi connectivity index (χ0v) is 9.26. The molecule has 5 heteroatoms. The van der Waals surface area contributed by atoms with Crippen LogP contribution in [0.3, 0.4) is 0 Å². The Labute approximate surface area is 88.5 Å². The number of rotatable bonds is 6. The fourth-order valence-electron chi connectivity index (χ4n) is 1.21.